The van der Waals surface area contributed by atoms with Crippen molar-refractivity contribution in [2.45, 2.75) is 64.4 Å². The fourth-order valence-electron chi connectivity index (χ4n) is 4.57. The fraction of sp³-hybridized carbons (Fsp3) is 0.478. The maximum absolute atomic E-state index is 12.8. The van der Waals surface area contributed by atoms with Gasteiger partial charge in [0.05, 0.1) is 0 Å². The third-order valence-electron chi connectivity index (χ3n) is 6.27. The molecule has 0 saturated heterocycles. The van der Waals surface area contributed by atoms with E-state index in [-0.39, 0.29) is 23.8 Å². The minimum absolute atomic E-state index is 0.0130. The van der Waals surface area contributed by atoms with E-state index in [1.54, 1.807) is 0 Å². The van der Waals surface area contributed by atoms with Crippen LogP contribution in [0.5, 0.6) is 0 Å². The Labute approximate surface area is 170 Å². The molecule has 0 spiro atoms. The van der Waals surface area contributed by atoms with Crippen LogP contribution in [0, 0.1) is 12.8 Å². The zero-order valence-corrected chi connectivity index (χ0v) is 17.1. The van der Waals surface area contributed by atoms with Gasteiger partial charge in [-0.2, -0.15) is 0 Å². The number of hydrogen-bond acceptors (Lipinski definition) is 3. The number of hydrogen-bond donors (Lipinski definition) is 1. The van der Waals surface area contributed by atoms with Crippen molar-refractivity contribution in [2.75, 3.05) is 0 Å². The second kappa shape index (κ2) is 7.75. The van der Waals surface area contributed by atoms with Crippen molar-refractivity contribution in [2.24, 2.45) is 5.92 Å². The number of ether oxygens (including phenoxy) is 1. The molecular weight excluding hydrogens is 374 g/mol. The predicted molar refractivity (Wildman–Crippen MR) is 109 cm³/mol. The maximum Gasteiger partial charge on any atom is 0.355 e. The highest BCUT2D eigenvalue weighted by atomic mass is 35.5. The molecule has 2 aromatic rings. The Kier molecular flexibility index (Phi) is 5.33. The summed E-state index contributed by atoms with van der Waals surface area (Å²) < 4.78 is 5.75. The number of aromatic amines is 1. The van der Waals surface area contributed by atoms with E-state index in [2.05, 4.69) is 11.9 Å². The van der Waals surface area contributed by atoms with E-state index >= 15 is 0 Å². The van der Waals surface area contributed by atoms with Crippen LogP contribution in [0.2, 0.25) is 5.02 Å². The molecule has 2 aliphatic rings. The summed E-state index contributed by atoms with van der Waals surface area (Å²) in [5.74, 6) is 0.554. The number of rotatable bonds is 3. The molecule has 1 unspecified atom stereocenters. The summed E-state index contributed by atoms with van der Waals surface area (Å²) in [5.41, 5.74) is 3.78. The van der Waals surface area contributed by atoms with Gasteiger partial charge < -0.3 is 9.72 Å². The number of fused-ring (bicyclic) bond motifs is 1. The molecule has 1 heterocycles. The van der Waals surface area contributed by atoms with Gasteiger partial charge in [-0.3, -0.25) is 4.79 Å². The minimum Gasteiger partial charge on any atom is -0.458 e. The first-order valence-corrected chi connectivity index (χ1v) is 10.5. The predicted octanol–water partition coefficient (Wildman–Crippen LogP) is 5.62. The van der Waals surface area contributed by atoms with Crippen LogP contribution in [0.25, 0.3) is 0 Å². The molecule has 1 N–H and O–H groups in total. The van der Waals surface area contributed by atoms with Gasteiger partial charge in [0.1, 0.15) is 11.8 Å². The Bertz CT molecular complexity index is 891. The minimum atomic E-state index is -0.331. The normalized spacial score (nSPS) is 24.7. The third-order valence-corrected chi connectivity index (χ3v) is 6.52. The number of carbonyl (C=O) groups is 2. The Morgan fingerprint density at radius 3 is 2.46 bits per heavy atom. The number of H-pyrrole nitrogens is 1. The van der Waals surface area contributed by atoms with Crippen LogP contribution in [0.15, 0.2) is 24.3 Å². The summed E-state index contributed by atoms with van der Waals surface area (Å²) in [5, 5.41) is 0.685. The SMILES string of the molecule is Cc1c(C(=O)OC2CCC(C)CC2)[nH]c2c1C(=O)CC(c1ccc(Cl)cc1)C2. The Morgan fingerprint density at radius 2 is 1.79 bits per heavy atom. The van der Waals surface area contributed by atoms with Gasteiger partial charge in [-0.25, -0.2) is 4.79 Å². The van der Waals surface area contributed by atoms with Crippen molar-refractivity contribution in [1.29, 1.82) is 0 Å². The van der Waals surface area contributed by atoms with E-state index < -0.39 is 0 Å². The van der Waals surface area contributed by atoms with Gasteiger partial charge in [0.15, 0.2) is 5.78 Å². The number of Topliss-reactive ketones (excluding diaryl/α,β-unsaturated/α-hetero) is 1. The molecule has 5 heteroatoms. The van der Waals surface area contributed by atoms with E-state index in [1.165, 1.54) is 0 Å². The van der Waals surface area contributed by atoms with E-state index in [9.17, 15) is 9.59 Å². The molecule has 28 heavy (non-hydrogen) atoms. The Balaban J connectivity index is 1.53. The molecule has 0 radical (unpaired) electrons. The van der Waals surface area contributed by atoms with Crippen LogP contribution < -0.4 is 0 Å². The second-order valence-corrected chi connectivity index (χ2v) is 8.78. The van der Waals surface area contributed by atoms with Crippen LogP contribution in [0.1, 0.15) is 82.6 Å². The van der Waals surface area contributed by atoms with Crippen LogP contribution >= 0.6 is 11.6 Å². The van der Waals surface area contributed by atoms with Crippen molar-refractivity contribution in [3.05, 3.63) is 57.4 Å². The summed E-state index contributed by atoms with van der Waals surface area (Å²) >= 11 is 5.98. The quantitative estimate of drug-likeness (QED) is 0.681. The summed E-state index contributed by atoms with van der Waals surface area (Å²) in [6, 6.07) is 7.65. The van der Waals surface area contributed by atoms with E-state index in [0.29, 0.717) is 35.0 Å². The summed E-state index contributed by atoms with van der Waals surface area (Å²) in [6.45, 7) is 4.08. The highest BCUT2D eigenvalue weighted by Gasteiger charge is 2.33. The highest BCUT2D eigenvalue weighted by Crippen LogP contribution is 2.36. The van der Waals surface area contributed by atoms with Crippen molar-refractivity contribution in [3.63, 3.8) is 0 Å². The first-order chi connectivity index (χ1) is 13.4. The first-order valence-electron chi connectivity index (χ1n) is 10.1. The topological polar surface area (TPSA) is 59.2 Å². The van der Waals surface area contributed by atoms with Gasteiger partial charge in [0, 0.05) is 22.7 Å². The van der Waals surface area contributed by atoms with Crippen LogP contribution in [-0.4, -0.2) is 22.8 Å². The molecule has 0 aliphatic heterocycles. The Hall–Kier alpha value is -2.07. The molecule has 1 aromatic heterocycles. The van der Waals surface area contributed by atoms with Crippen molar-refractivity contribution < 1.29 is 14.3 Å². The van der Waals surface area contributed by atoms with Gasteiger partial charge in [-0.15, -0.1) is 0 Å². The molecule has 2 aliphatic carbocycles. The van der Waals surface area contributed by atoms with E-state index in [0.717, 1.165) is 42.5 Å². The number of aromatic nitrogens is 1. The number of benzene rings is 1. The first kappa shape index (κ1) is 19.3. The summed E-state index contributed by atoms with van der Waals surface area (Å²) in [4.78, 5) is 28.8. The zero-order chi connectivity index (χ0) is 19.8. The Morgan fingerprint density at radius 1 is 1.11 bits per heavy atom. The van der Waals surface area contributed by atoms with E-state index in [4.69, 9.17) is 16.3 Å². The van der Waals surface area contributed by atoms with Crippen LogP contribution in [-0.2, 0) is 11.2 Å². The lowest BCUT2D eigenvalue weighted by Crippen LogP contribution is -2.24. The largest absolute Gasteiger partial charge is 0.458 e. The molecular formula is C23H26ClNO3. The standard InChI is InChI=1S/C23H26ClNO3/c1-13-3-9-18(10-4-13)28-23(27)22-14(2)21-19(25-22)11-16(12-20(21)26)15-5-7-17(24)8-6-15/h5-8,13,16,18,25H,3-4,9-12H2,1-2H3. The monoisotopic (exact) mass is 399 g/mol. The molecule has 4 nitrogen and oxygen atoms in total. The lowest BCUT2D eigenvalue weighted by molar-refractivity contribution is 0.0167. The molecule has 1 saturated carbocycles. The molecule has 148 valence electrons. The lowest BCUT2D eigenvalue weighted by atomic mass is 9.81. The molecule has 1 aromatic carbocycles. The molecule has 4 rings (SSSR count). The van der Waals surface area contributed by atoms with Crippen LogP contribution in [0.4, 0.5) is 0 Å². The van der Waals surface area contributed by atoms with Crippen molar-refractivity contribution in [1.82, 2.24) is 4.98 Å². The van der Waals surface area contributed by atoms with E-state index in [1.807, 2.05) is 31.2 Å². The van der Waals surface area contributed by atoms with Crippen LogP contribution in [0.3, 0.4) is 0 Å². The summed E-state index contributed by atoms with van der Waals surface area (Å²) in [6.07, 6.45) is 5.17. The number of esters is 1. The lowest BCUT2D eigenvalue weighted by Gasteiger charge is -2.25. The average molecular weight is 400 g/mol. The van der Waals surface area contributed by atoms with Gasteiger partial charge in [-0.05, 0) is 74.1 Å². The van der Waals surface area contributed by atoms with Gasteiger partial charge in [-0.1, -0.05) is 30.7 Å². The van der Waals surface area contributed by atoms with Gasteiger partial charge >= 0.3 is 5.97 Å². The highest BCUT2D eigenvalue weighted by molar-refractivity contribution is 6.30. The molecule has 1 fully saturated rings. The third kappa shape index (κ3) is 3.75. The number of nitrogens with one attached hydrogen (secondary N) is 1. The fourth-order valence-corrected chi connectivity index (χ4v) is 4.69. The van der Waals surface area contributed by atoms with Gasteiger partial charge in [0.2, 0.25) is 0 Å². The summed E-state index contributed by atoms with van der Waals surface area (Å²) in [7, 11) is 0. The van der Waals surface area contributed by atoms with Crippen molar-refractivity contribution >= 4 is 23.4 Å². The number of carbonyl (C=O) groups excluding carboxylic acids is 2. The average Bonchev–Trinajstić information content (AvgIpc) is 3.01. The number of ketones is 1. The second-order valence-electron chi connectivity index (χ2n) is 8.35. The smallest absolute Gasteiger partial charge is 0.355 e. The van der Waals surface area contributed by atoms with Gasteiger partial charge in [0.25, 0.3) is 0 Å². The zero-order valence-electron chi connectivity index (χ0n) is 16.4. The molecule has 0 bridgehead atoms. The molecule has 0 amide bonds. The van der Waals surface area contributed by atoms with Crippen molar-refractivity contribution in [3.8, 4) is 0 Å². The molecule has 1 atom stereocenters. The maximum atomic E-state index is 12.8. The number of halogens is 1.